The summed E-state index contributed by atoms with van der Waals surface area (Å²) in [5, 5.41) is 18.6. The molecule has 1 aromatic carbocycles. The molecule has 0 radical (unpaired) electrons. The van der Waals surface area contributed by atoms with Crippen LogP contribution in [0.25, 0.3) is 0 Å². The summed E-state index contributed by atoms with van der Waals surface area (Å²) in [6.07, 6.45) is 4.62. The Morgan fingerprint density at radius 2 is 1.97 bits per heavy atom. The van der Waals surface area contributed by atoms with Crippen LogP contribution in [0.5, 0.6) is 5.75 Å². The average Bonchev–Trinajstić information content (AvgIpc) is 3.25. The molecule has 0 bridgehead atoms. The molecule has 0 aliphatic carbocycles. The number of carbonyl (C=O) groups excluding carboxylic acids is 1. The van der Waals surface area contributed by atoms with Crippen LogP contribution in [0.2, 0.25) is 19.6 Å². The van der Waals surface area contributed by atoms with E-state index in [4.69, 9.17) is 10.5 Å². The first-order valence-corrected chi connectivity index (χ1v) is 14.2. The van der Waals surface area contributed by atoms with Crippen LogP contribution in [0.4, 0.5) is 16.3 Å². The van der Waals surface area contributed by atoms with Gasteiger partial charge in [-0.3, -0.25) is 9.48 Å². The number of aromatic nitrogens is 4. The minimum absolute atomic E-state index is 0.00395. The third-order valence-electron chi connectivity index (χ3n) is 4.70. The molecular formula is C23H27N7O4Si. The highest BCUT2D eigenvalue weighted by molar-refractivity contribution is 6.83. The SMILES string of the molecule is COc1cc(C#C[Si](C)(C)C)cc(C(CNC(=O)O)n2cc(NC(=O)c3nccnc3N)cn2)c1. The first-order chi connectivity index (χ1) is 16.6. The Bertz CT molecular complexity index is 1290. The Morgan fingerprint density at radius 3 is 2.63 bits per heavy atom. The number of methoxy groups -OCH3 is 1. The predicted octanol–water partition coefficient (Wildman–Crippen LogP) is 2.60. The van der Waals surface area contributed by atoms with E-state index in [-0.39, 0.29) is 18.1 Å². The molecule has 0 aliphatic heterocycles. The highest BCUT2D eigenvalue weighted by Crippen LogP contribution is 2.25. The van der Waals surface area contributed by atoms with E-state index < -0.39 is 26.1 Å². The summed E-state index contributed by atoms with van der Waals surface area (Å²) in [6, 6.07) is 4.97. The zero-order chi connectivity index (χ0) is 25.6. The molecule has 2 heterocycles. The number of nitrogens with one attached hydrogen (secondary N) is 2. The zero-order valence-electron chi connectivity index (χ0n) is 19.9. The number of carbonyl (C=O) groups is 2. The molecular weight excluding hydrogens is 466 g/mol. The van der Waals surface area contributed by atoms with Crippen LogP contribution in [0, 0.1) is 11.5 Å². The van der Waals surface area contributed by atoms with Gasteiger partial charge in [0, 0.05) is 30.7 Å². The summed E-state index contributed by atoms with van der Waals surface area (Å²) in [6.45, 7) is 6.47. The molecule has 11 nitrogen and oxygen atoms in total. The number of ether oxygens (including phenoxy) is 1. The number of nitrogen functional groups attached to an aromatic ring is 1. The van der Waals surface area contributed by atoms with Crippen molar-refractivity contribution in [2.45, 2.75) is 25.7 Å². The topological polar surface area (TPSA) is 157 Å². The molecule has 1 unspecified atom stereocenters. The molecule has 0 saturated heterocycles. The predicted molar refractivity (Wildman–Crippen MR) is 134 cm³/mol. The van der Waals surface area contributed by atoms with Gasteiger partial charge in [0.2, 0.25) is 0 Å². The van der Waals surface area contributed by atoms with Crippen LogP contribution in [0.3, 0.4) is 0 Å². The lowest BCUT2D eigenvalue weighted by Crippen LogP contribution is -2.30. The second-order valence-electron chi connectivity index (χ2n) is 8.65. The van der Waals surface area contributed by atoms with Gasteiger partial charge in [0.25, 0.3) is 5.91 Å². The molecule has 0 fully saturated rings. The molecule has 0 aliphatic rings. The maximum atomic E-state index is 12.5. The quantitative estimate of drug-likeness (QED) is 0.289. The molecule has 12 heteroatoms. The molecule has 35 heavy (non-hydrogen) atoms. The lowest BCUT2D eigenvalue weighted by molar-refractivity contribution is 0.102. The second-order valence-corrected chi connectivity index (χ2v) is 13.4. The van der Waals surface area contributed by atoms with Crippen molar-refractivity contribution in [3.63, 3.8) is 0 Å². The number of nitrogens with two attached hydrogens (primary N) is 1. The Kier molecular flexibility index (Phi) is 7.72. The molecule has 2 aromatic heterocycles. The van der Waals surface area contributed by atoms with Crippen molar-refractivity contribution < 1.29 is 19.4 Å². The summed E-state index contributed by atoms with van der Waals surface area (Å²) < 4.78 is 7.00. The highest BCUT2D eigenvalue weighted by atomic mass is 28.3. The Morgan fingerprint density at radius 1 is 1.23 bits per heavy atom. The normalized spacial score (nSPS) is 11.7. The summed E-state index contributed by atoms with van der Waals surface area (Å²) in [4.78, 5) is 31.6. The lowest BCUT2D eigenvalue weighted by Gasteiger charge is -2.19. The summed E-state index contributed by atoms with van der Waals surface area (Å²) in [5.41, 5.74) is 10.9. The molecule has 0 saturated carbocycles. The first-order valence-electron chi connectivity index (χ1n) is 10.7. The van der Waals surface area contributed by atoms with E-state index in [0.717, 1.165) is 11.1 Å². The standard InChI is InChI=1S/C23H27N7O4Si/c1-34-18-10-15(5-8-35(2,3)4)9-16(11-18)19(13-27-23(32)33)30-14-17(12-28-30)29-22(31)20-21(24)26-7-6-25-20/h6-7,9-12,14,19,27H,13H2,1-4H3,(H2,24,26)(H,29,31)(H,32,33). The van der Waals surface area contributed by atoms with Crippen molar-refractivity contribution in [1.29, 1.82) is 0 Å². The first kappa shape index (κ1) is 25.3. The van der Waals surface area contributed by atoms with E-state index >= 15 is 0 Å². The van der Waals surface area contributed by atoms with Crippen LogP contribution >= 0.6 is 0 Å². The number of amides is 2. The molecule has 0 spiro atoms. The van der Waals surface area contributed by atoms with Crippen molar-refractivity contribution in [2.24, 2.45) is 0 Å². The fourth-order valence-electron chi connectivity index (χ4n) is 3.10. The fraction of sp³-hybridized carbons (Fsp3) is 0.261. The van der Waals surface area contributed by atoms with Gasteiger partial charge >= 0.3 is 6.09 Å². The number of rotatable bonds is 7. The summed E-state index contributed by atoms with van der Waals surface area (Å²) in [5.74, 6) is 3.26. The Hall–Kier alpha value is -4.37. The third-order valence-corrected chi connectivity index (χ3v) is 5.57. The molecule has 5 N–H and O–H groups in total. The van der Waals surface area contributed by atoms with Gasteiger partial charge in [-0.1, -0.05) is 25.6 Å². The second kappa shape index (κ2) is 10.7. The summed E-state index contributed by atoms with van der Waals surface area (Å²) in [7, 11) is -0.0643. The Balaban J connectivity index is 1.95. The van der Waals surface area contributed by atoms with Crippen LogP contribution < -0.4 is 21.1 Å². The summed E-state index contributed by atoms with van der Waals surface area (Å²) >= 11 is 0. The molecule has 2 amide bonds. The fourth-order valence-corrected chi connectivity index (χ4v) is 3.62. The third kappa shape index (κ3) is 7.05. The molecule has 1 atom stereocenters. The van der Waals surface area contributed by atoms with Crippen molar-refractivity contribution in [3.8, 4) is 17.2 Å². The van der Waals surface area contributed by atoms with Crippen molar-refractivity contribution in [2.75, 3.05) is 24.7 Å². The number of anilines is 2. The van der Waals surface area contributed by atoms with Crippen LogP contribution in [-0.4, -0.2) is 58.6 Å². The van der Waals surface area contributed by atoms with Gasteiger partial charge in [-0.15, -0.1) is 5.54 Å². The van der Waals surface area contributed by atoms with Crippen molar-refractivity contribution in [3.05, 3.63) is 59.8 Å². The highest BCUT2D eigenvalue weighted by Gasteiger charge is 2.20. The minimum Gasteiger partial charge on any atom is -0.497 e. The van der Waals surface area contributed by atoms with Gasteiger partial charge in [0.15, 0.2) is 11.5 Å². The van der Waals surface area contributed by atoms with Crippen LogP contribution in [-0.2, 0) is 0 Å². The zero-order valence-corrected chi connectivity index (χ0v) is 20.9. The van der Waals surface area contributed by atoms with E-state index in [1.54, 1.807) is 24.1 Å². The van der Waals surface area contributed by atoms with Gasteiger partial charge in [0.05, 0.1) is 25.0 Å². The van der Waals surface area contributed by atoms with Gasteiger partial charge in [-0.25, -0.2) is 14.8 Å². The maximum Gasteiger partial charge on any atom is 0.404 e. The van der Waals surface area contributed by atoms with Gasteiger partial charge in [0.1, 0.15) is 13.8 Å². The number of hydrogen-bond donors (Lipinski definition) is 4. The van der Waals surface area contributed by atoms with E-state index in [9.17, 15) is 14.7 Å². The van der Waals surface area contributed by atoms with Crippen molar-refractivity contribution in [1.82, 2.24) is 25.1 Å². The number of hydrogen-bond acceptors (Lipinski definition) is 7. The van der Waals surface area contributed by atoms with Crippen LogP contribution in [0.1, 0.15) is 27.7 Å². The largest absolute Gasteiger partial charge is 0.497 e. The monoisotopic (exact) mass is 493 g/mol. The lowest BCUT2D eigenvalue weighted by atomic mass is 10.0. The van der Waals surface area contributed by atoms with Gasteiger partial charge in [-0.2, -0.15) is 5.10 Å². The van der Waals surface area contributed by atoms with E-state index in [2.05, 4.69) is 56.8 Å². The van der Waals surface area contributed by atoms with Crippen molar-refractivity contribution >= 4 is 31.6 Å². The maximum absolute atomic E-state index is 12.5. The number of carboxylic acid groups (broad SMARTS) is 1. The van der Waals surface area contributed by atoms with Crippen LogP contribution in [0.15, 0.2) is 43.0 Å². The van der Waals surface area contributed by atoms with E-state index in [0.29, 0.717) is 11.4 Å². The van der Waals surface area contributed by atoms with Gasteiger partial charge < -0.3 is 26.2 Å². The molecule has 182 valence electrons. The molecule has 3 rings (SSSR count). The number of benzene rings is 1. The number of nitrogens with zero attached hydrogens (tertiary/aromatic N) is 4. The smallest absolute Gasteiger partial charge is 0.404 e. The minimum atomic E-state index is -1.62. The molecule has 3 aromatic rings. The Labute approximate surface area is 203 Å². The van der Waals surface area contributed by atoms with E-state index in [1.165, 1.54) is 18.6 Å². The van der Waals surface area contributed by atoms with E-state index in [1.807, 2.05) is 12.1 Å². The average molecular weight is 494 g/mol. The van der Waals surface area contributed by atoms with Gasteiger partial charge in [-0.05, 0) is 23.8 Å².